The predicted octanol–water partition coefficient (Wildman–Crippen LogP) is 12.7. The Labute approximate surface area is 293 Å². The minimum atomic E-state index is -0.218. The van der Waals surface area contributed by atoms with Gasteiger partial charge in [-0.1, -0.05) is 117 Å². The second-order valence-electron chi connectivity index (χ2n) is 14.1. The van der Waals surface area contributed by atoms with Crippen LogP contribution in [0.3, 0.4) is 0 Å². The molecule has 7 aromatic carbocycles. The summed E-state index contributed by atoms with van der Waals surface area (Å²) in [6.45, 7) is 4.66. The third-order valence-corrected chi connectivity index (χ3v) is 10.9. The van der Waals surface area contributed by atoms with E-state index in [0.29, 0.717) is 0 Å². The molecule has 0 radical (unpaired) electrons. The SMILES string of the molecule is CC1(C)c2cc(-c3ccc4oc5ccccc5c4c3)ccc2-c2c(-c3nc(-c4cccc5oc6ccccc6c45)c4ccccc4n3)cccc21. The van der Waals surface area contributed by atoms with E-state index in [0.717, 1.165) is 77.4 Å². The van der Waals surface area contributed by atoms with Crippen LogP contribution < -0.4 is 0 Å². The van der Waals surface area contributed by atoms with Crippen LogP contribution in [0.1, 0.15) is 25.0 Å². The molecule has 10 aromatic rings. The summed E-state index contributed by atoms with van der Waals surface area (Å²) < 4.78 is 12.4. The fraction of sp³-hybridized carbons (Fsp3) is 0.0638. The van der Waals surface area contributed by atoms with Crippen LogP contribution in [-0.4, -0.2) is 9.97 Å². The molecule has 4 heteroatoms. The number of benzene rings is 7. The van der Waals surface area contributed by atoms with Gasteiger partial charge in [-0.2, -0.15) is 0 Å². The smallest absolute Gasteiger partial charge is 0.161 e. The molecule has 0 unspecified atom stereocenters. The monoisotopic (exact) mass is 654 g/mol. The highest BCUT2D eigenvalue weighted by molar-refractivity contribution is 6.14. The molecule has 0 bridgehead atoms. The zero-order valence-corrected chi connectivity index (χ0v) is 28.1. The lowest BCUT2D eigenvalue weighted by molar-refractivity contribution is 0.660. The highest BCUT2D eigenvalue weighted by Crippen LogP contribution is 2.53. The molecule has 1 aliphatic rings. The van der Waals surface area contributed by atoms with Crippen molar-refractivity contribution in [3.63, 3.8) is 0 Å². The van der Waals surface area contributed by atoms with Crippen molar-refractivity contribution < 1.29 is 8.83 Å². The van der Waals surface area contributed by atoms with Gasteiger partial charge in [-0.15, -0.1) is 0 Å². The van der Waals surface area contributed by atoms with Crippen molar-refractivity contribution in [2.45, 2.75) is 19.3 Å². The van der Waals surface area contributed by atoms with Gasteiger partial charge in [-0.05, 0) is 75.8 Å². The highest BCUT2D eigenvalue weighted by atomic mass is 16.3. The van der Waals surface area contributed by atoms with E-state index in [1.165, 1.54) is 33.4 Å². The maximum Gasteiger partial charge on any atom is 0.161 e. The van der Waals surface area contributed by atoms with Crippen molar-refractivity contribution in [1.29, 1.82) is 0 Å². The molecule has 0 saturated heterocycles. The normalized spacial score (nSPS) is 13.5. The zero-order chi connectivity index (χ0) is 33.8. The summed E-state index contributed by atoms with van der Waals surface area (Å²) >= 11 is 0. The predicted molar refractivity (Wildman–Crippen MR) is 208 cm³/mol. The topological polar surface area (TPSA) is 52.1 Å². The fourth-order valence-corrected chi connectivity index (χ4v) is 8.43. The lowest BCUT2D eigenvalue weighted by Gasteiger charge is -2.22. The van der Waals surface area contributed by atoms with E-state index in [1.54, 1.807) is 0 Å². The molecule has 11 rings (SSSR count). The lowest BCUT2D eigenvalue weighted by atomic mass is 9.81. The average Bonchev–Trinajstić information content (AvgIpc) is 3.81. The van der Waals surface area contributed by atoms with Gasteiger partial charge in [0.1, 0.15) is 22.3 Å². The Bertz CT molecular complexity index is 3070. The second-order valence-corrected chi connectivity index (χ2v) is 14.1. The molecular weight excluding hydrogens is 625 g/mol. The van der Waals surface area contributed by atoms with Crippen molar-refractivity contribution in [2.24, 2.45) is 0 Å². The Morgan fingerprint density at radius 3 is 1.98 bits per heavy atom. The number of aromatic nitrogens is 2. The summed E-state index contributed by atoms with van der Waals surface area (Å²) in [4.78, 5) is 10.7. The third-order valence-electron chi connectivity index (χ3n) is 10.9. The van der Waals surface area contributed by atoms with Crippen molar-refractivity contribution >= 4 is 54.8 Å². The van der Waals surface area contributed by atoms with Crippen molar-refractivity contribution in [3.8, 4) is 44.9 Å². The van der Waals surface area contributed by atoms with Crippen LogP contribution in [0.5, 0.6) is 0 Å². The van der Waals surface area contributed by atoms with Gasteiger partial charge in [0.25, 0.3) is 0 Å². The highest BCUT2D eigenvalue weighted by Gasteiger charge is 2.37. The molecule has 0 N–H and O–H groups in total. The summed E-state index contributed by atoms with van der Waals surface area (Å²) in [6.07, 6.45) is 0. The summed E-state index contributed by atoms with van der Waals surface area (Å²) in [6, 6.07) is 51.1. The quantitative estimate of drug-likeness (QED) is 0.190. The second kappa shape index (κ2) is 10.3. The lowest BCUT2D eigenvalue weighted by Crippen LogP contribution is -2.15. The van der Waals surface area contributed by atoms with Crippen molar-refractivity contribution in [3.05, 3.63) is 157 Å². The van der Waals surface area contributed by atoms with E-state index < -0.39 is 0 Å². The largest absolute Gasteiger partial charge is 0.456 e. The van der Waals surface area contributed by atoms with E-state index in [1.807, 2.05) is 30.3 Å². The van der Waals surface area contributed by atoms with E-state index in [-0.39, 0.29) is 5.41 Å². The number of hydrogen-bond acceptors (Lipinski definition) is 4. The van der Waals surface area contributed by atoms with Gasteiger partial charge in [0, 0.05) is 43.5 Å². The molecule has 0 amide bonds. The zero-order valence-electron chi connectivity index (χ0n) is 28.1. The van der Waals surface area contributed by atoms with Gasteiger partial charge in [-0.25, -0.2) is 9.97 Å². The van der Waals surface area contributed by atoms with Crippen LogP contribution in [0.2, 0.25) is 0 Å². The van der Waals surface area contributed by atoms with Gasteiger partial charge in [-0.3, -0.25) is 0 Å². The summed E-state index contributed by atoms with van der Waals surface area (Å²) in [7, 11) is 0. The number of nitrogens with zero attached hydrogens (tertiary/aromatic N) is 2. The van der Waals surface area contributed by atoms with Crippen molar-refractivity contribution in [1.82, 2.24) is 9.97 Å². The minimum Gasteiger partial charge on any atom is -0.456 e. The number of furan rings is 2. The summed E-state index contributed by atoms with van der Waals surface area (Å²) in [5, 5.41) is 5.44. The van der Waals surface area contributed by atoms with Crippen LogP contribution in [0.15, 0.2) is 154 Å². The van der Waals surface area contributed by atoms with Crippen LogP contribution in [-0.2, 0) is 5.41 Å². The molecule has 240 valence electrons. The summed E-state index contributed by atoms with van der Waals surface area (Å²) in [5.41, 5.74) is 14.6. The third kappa shape index (κ3) is 4.02. The number of para-hydroxylation sites is 3. The van der Waals surface area contributed by atoms with Crippen LogP contribution in [0.25, 0.3) is 99.7 Å². The molecule has 0 saturated carbocycles. The Balaban J connectivity index is 1.11. The standard InChI is InChI=1S/C47H30N2O2/c1-47(2)36-16-9-15-34(43(36)30-23-21-28(26-37(30)47)27-22-24-41-35(25-27)29-11-4-7-18-39(29)50-41)46-48-38-17-6-3-12-31(38)45(49-46)33-14-10-20-42-44(33)32-13-5-8-19-40(32)51-42/h3-26H,1-2H3. The first-order chi connectivity index (χ1) is 25.0. The molecule has 4 nitrogen and oxygen atoms in total. The molecule has 51 heavy (non-hydrogen) atoms. The van der Waals surface area contributed by atoms with Crippen molar-refractivity contribution in [2.75, 3.05) is 0 Å². The number of fused-ring (bicyclic) bond motifs is 10. The van der Waals surface area contributed by atoms with E-state index >= 15 is 0 Å². The van der Waals surface area contributed by atoms with Crippen LogP contribution in [0, 0.1) is 0 Å². The van der Waals surface area contributed by atoms with Gasteiger partial charge in [0.2, 0.25) is 0 Å². The first kappa shape index (κ1) is 28.3. The first-order valence-corrected chi connectivity index (χ1v) is 17.4. The number of hydrogen-bond donors (Lipinski definition) is 0. The molecule has 0 fully saturated rings. The van der Waals surface area contributed by atoms with E-state index in [4.69, 9.17) is 18.8 Å². The Morgan fingerprint density at radius 1 is 0.451 bits per heavy atom. The summed E-state index contributed by atoms with van der Waals surface area (Å²) in [5.74, 6) is 0.718. The average molecular weight is 655 g/mol. The maximum absolute atomic E-state index is 6.29. The van der Waals surface area contributed by atoms with Gasteiger partial charge in [0.15, 0.2) is 5.82 Å². The Kier molecular flexibility index (Phi) is 5.70. The fourth-order valence-electron chi connectivity index (χ4n) is 8.43. The van der Waals surface area contributed by atoms with Gasteiger partial charge in [0.05, 0.1) is 11.2 Å². The number of rotatable bonds is 3. The van der Waals surface area contributed by atoms with Crippen LogP contribution in [0.4, 0.5) is 0 Å². The van der Waals surface area contributed by atoms with Gasteiger partial charge >= 0.3 is 0 Å². The first-order valence-electron chi connectivity index (χ1n) is 17.4. The van der Waals surface area contributed by atoms with Gasteiger partial charge < -0.3 is 8.83 Å². The minimum absolute atomic E-state index is 0.218. The molecule has 0 aliphatic heterocycles. The van der Waals surface area contributed by atoms with E-state index in [2.05, 4.69) is 129 Å². The Morgan fingerprint density at radius 2 is 1.10 bits per heavy atom. The Hall–Kier alpha value is -6.52. The maximum atomic E-state index is 6.29. The van der Waals surface area contributed by atoms with E-state index in [9.17, 15) is 0 Å². The molecular formula is C47H30N2O2. The molecule has 3 heterocycles. The molecule has 0 spiro atoms. The molecule has 0 atom stereocenters. The van der Waals surface area contributed by atoms with Crippen LogP contribution >= 0.6 is 0 Å². The molecule has 3 aromatic heterocycles. The molecule has 1 aliphatic carbocycles.